The topological polar surface area (TPSA) is 69.6 Å². The van der Waals surface area contributed by atoms with Crippen LogP contribution < -0.4 is 10.2 Å². The van der Waals surface area contributed by atoms with Gasteiger partial charge in [0.25, 0.3) is 5.91 Å². The average Bonchev–Trinajstić information content (AvgIpc) is 2.75. The first-order chi connectivity index (χ1) is 10.6. The highest BCUT2D eigenvalue weighted by Gasteiger charge is 2.40. The fourth-order valence-corrected chi connectivity index (χ4v) is 2.62. The van der Waals surface area contributed by atoms with Crippen molar-refractivity contribution in [2.75, 3.05) is 10.2 Å². The number of phenolic OH excluding ortho intramolecular Hbond substituents is 1. The first kappa shape index (κ1) is 14.1. The van der Waals surface area contributed by atoms with Crippen LogP contribution in [0.2, 0.25) is 0 Å². The third kappa shape index (κ3) is 2.53. The quantitative estimate of drug-likeness (QED) is 0.854. The molecule has 0 spiro atoms. The monoisotopic (exact) mass is 296 g/mol. The summed E-state index contributed by atoms with van der Waals surface area (Å²) >= 11 is 0. The average molecular weight is 296 g/mol. The second-order valence-corrected chi connectivity index (χ2v) is 5.31. The van der Waals surface area contributed by atoms with E-state index in [1.165, 1.54) is 17.0 Å². The standard InChI is InChI=1S/C17H16N2O3/c1-11-9-13(20)7-8-15(11)19-16(21)10-14(17(19)22)18-12-5-3-2-4-6-12/h2-9,14,18,20H,10H2,1H3. The molecule has 1 unspecified atom stereocenters. The van der Waals surface area contributed by atoms with Gasteiger partial charge in [0.05, 0.1) is 12.1 Å². The molecular formula is C17H16N2O3. The molecule has 0 bridgehead atoms. The van der Waals surface area contributed by atoms with Gasteiger partial charge in [0, 0.05) is 5.69 Å². The summed E-state index contributed by atoms with van der Waals surface area (Å²) in [6.45, 7) is 1.76. The van der Waals surface area contributed by atoms with Crippen molar-refractivity contribution in [3.8, 4) is 5.75 Å². The van der Waals surface area contributed by atoms with Gasteiger partial charge in [0.1, 0.15) is 11.8 Å². The van der Waals surface area contributed by atoms with Gasteiger partial charge >= 0.3 is 0 Å². The van der Waals surface area contributed by atoms with Crippen molar-refractivity contribution < 1.29 is 14.7 Å². The first-order valence-electron chi connectivity index (χ1n) is 7.04. The zero-order chi connectivity index (χ0) is 15.7. The Kier molecular flexibility index (Phi) is 3.55. The number of imide groups is 1. The number of hydrogen-bond donors (Lipinski definition) is 2. The highest BCUT2D eigenvalue weighted by molar-refractivity contribution is 6.23. The Morgan fingerprint density at radius 2 is 1.86 bits per heavy atom. The van der Waals surface area contributed by atoms with Crippen molar-refractivity contribution in [1.82, 2.24) is 0 Å². The van der Waals surface area contributed by atoms with Gasteiger partial charge in [-0.2, -0.15) is 0 Å². The van der Waals surface area contributed by atoms with Gasteiger partial charge in [-0.05, 0) is 42.8 Å². The minimum Gasteiger partial charge on any atom is -0.508 e. The van der Waals surface area contributed by atoms with E-state index in [0.29, 0.717) is 11.3 Å². The summed E-state index contributed by atoms with van der Waals surface area (Å²) in [4.78, 5) is 26.0. The lowest BCUT2D eigenvalue weighted by molar-refractivity contribution is -0.121. The van der Waals surface area contributed by atoms with E-state index in [1.807, 2.05) is 30.3 Å². The molecule has 2 aromatic rings. The number of carbonyl (C=O) groups excluding carboxylic acids is 2. The molecule has 2 amide bonds. The zero-order valence-corrected chi connectivity index (χ0v) is 12.1. The van der Waals surface area contributed by atoms with Crippen LogP contribution in [0.5, 0.6) is 5.75 Å². The van der Waals surface area contributed by atoms with Crippen LogP contribution >= 0.6 is 0 Å². The van der Waals surface area contributed by atoms with Crippen LogP contribution in [0.25, 0.3) is 0 Å². The Morgan fingerprint density at radius 3 is 2.55 bits per heavy atom. The number of carbonyl (C=O) groups is 2. The molecule has 5 heteroatoms. The molecule has 1 heterocycles. The Bertz CT molecular complexity index is 728. The first-order valence-corrected chi connectivity index (χ1v) is 7.04. The Hall–Kier alpha value is -2.82. The second kappa shape index (κ2) is 5.52. The predicted molar refractivity (Wildman–Crippen MR) is 83.8 cm³/mol. The lowest BCUT2D eigenvalue weighted by Crippen LogP contribution is -2.35. The predicted octanol–water partition coefficient (Wildman–Crippen LogP) is 2.44. The van der Waals surface area contributed by atoms with Gasteiger partial charge < -0.3 is 10.4 Å². The van der Waals surface area contributed by atoms with Crippen molar-refractivity contribution in [3.63, 3.8) is 0 Å². The zero-order valence-electron chi connectivity index (χ0n) is 12.1. The van der Waals surface area contributed by atoms with Crippen LogP contribution in [0.3, 0.4) is 0 Å². The molecular weight excluding hydrogens is 280 g/mol. The molecule has 0 radical (unpaired) electrons. The van der Waals surface area contributed by atoms with Crippen LogP contribution in [-0.4, -0.2) is 23.0 Å². The van der Waals surface area contributed by atoms with Crippen LogP contribution in [0.1, 0.15) is 12.0 Å². The van der Waals surface area contributed by atoms with E-state index in [0.717, 1.165) is 5.69 Å². The fraction of sp³-hybridized carbons (Fsp3) is 0.176. The molecule has 1 saturated heterocycles. The Labute approximate surface area is 128 Å². The molecule has 2 aromatic carbocycles. The van der Waals surface area contributed by atoms with Crippen molar-refractivity contribution in [3.05, 3.63) is 54.1 Å². The van der Waals surface area contributed by atoms with Gasteiger partial charge in [-0.15, -0.1) is 0 Å². The second-order valence-electron chi connectivity index (χ2n) is 5.31. The van der Waals surface area contributed by atoms with Gasteiger partial charge in [-0.3, -0.25) is 9.59 Å². The molecule has 1 fully saturated rings. The number of amides is 2. The molecule has 1 aliphatic heterocycles. The molecule has 22 heavy (non-hydrogen) atoms. The van der Waals surface area contributed by atoms with E-state index < -0.39 is 6.04 Å². The summed E-state index contributed by atoms with van der Waals surface area (Å²) in [7, 11) is 0. The lowest BCUT2D eigenvalue weighted by atomic mass is 10.1. The molecule has 3 rings (SSSR count). The molecule has 0 aliphatic carbocycles. The molecule has 1 atom stereocenters. The van der Waals surface area contributed by atoms with Gasteiger partial charge in [0.2, 0.25) is 5.91 Å². The van der Waals surface area contributed by atoms with E-state index in [-0.39, 0.29) is 24.0 Å². The number of nitrogens with one attached hydrogen (secondary N) is 1. The summed E-state index contributed by atoms with van der Waals surface area (Å²) in [5, 5.41) is 12.5. The van der Waals surface area contributed by atoms with E-state index in [1.54, 1.807) is 13.0 Å². The maximum Gasteiger partial charge on any atom is 0.256 e. The molecule has 2 N–H and O–H groups in total. The van der Waals surface area contributed by atoms with E-state index >= 15 is 0 Å². The number of aryl methyl sites for hydroxylation is 1. The molecule has 0 aromatic heterocycles. The van der Waals surface area contributed by atoms with Gasteiger partial charge in [-0.25, -0.2) is 4.90 Å². The highest BCUT2D eigenvalue weighted by Crippen LogP contribution is 2.29. The number of para-hydroxylation sites is 1. The number of rotatable bonds is 3. The number of hydrogen-bond acceptors (Lipinski definition) is 4. The molecule has 1 aliphatic rings. The van der Waals surface area contributed by atoms with Gasteiger partial charge in [0.15, 0.2) is 0 Å². The summed E-state index contributed by atoms with van der Waals surface area (Å²) in [6, 6.07) is 13.4. The Morgan fingerprint density at radius 1 is 1.14 bits per heavy atom. The number of benzene rings is 2. The summed E-state index contributed by atoms with van der Waals surface area (Å²) in [5.74, 6) is -0.408. The fourth-order valence-electron chi connectivity index (χ4n) is 2.62. The summed E-state index contributed by atoms with van der Waals surface area (Å²) in [6.07, 6.45) is 0.119. The number of anilines is 2. The summed E-state index contributed by atoms with van der Waals surface area (Å²) in [5.41, 5.74) is 2.00. The normalized spacial score (nSPS) is 17.9. The van der Waals surface area contributed by atoms with Crippen LogP contribution in [-0.2, 0) is 9.59 Å². The number of phenols is 1. The largest absolute Gasteiger partial charge is 0.508 e. The molecule has 5 nitrogen and oxygen atoms in total. The lowest BCUT2D eigenvalue weighted by Gasteiger charge is -2.18. The van der Waals surface area contributed by atoms with Crippen LogP contribution in [0.15, 0.2) is 48.5 Å². The van der Waals surface area contributed by atoms with E-state index in [9.17, 15) is 14.7 Å². The van der Waals surface area contributed by atoms with Crippen molar-refractivity contribution in [2.45, 2.75) is 19.4 Å². The van der Waals surface area contributed by atoms with Crippen LogP contribution in [0.4, 0.5) is 11.4 Å². The van der Waals surface area contributed by atoms with Crippen molar-refractivity contribution in [2.24, 2.45) is 0 Å². The van der Waals surface area contributed by atoms with Gasteiger partial charge in [-0.1, -0.05) is 18.2 Å². The highest BCUT2D eigenvalue weighted by atomic mass is 16.3. The number of aromatic hydroxyl groups is 1. The summed E-state index contributed by atoms with van der Waals surface area (Å²) < 4.78 is 0. The molecule has 0 saturated carbocycles. The van der Waals surface area contributed by atoms with E-state index in [2.05, 4.69) is 5.32 Å². The van der Waals surface area contributed by atoms with Crippen LogP contribution in [0, 0.1) is 6.92 Å². The maximum atomic E-state index is 12.5. The van der Waals surface area contributed by atoms with Crippen molar-refractivity contribution >= 4 is 23.2 Å². The van der Waals surface area contributed by atoms with Crippen molar-refractivity contribution in [1.29, 1.82) is 0 Å². The molecule has 112 valence electrons. The maximum absolute atomic E-state index is 12.5. The SMILES string of the molecule is Cc1cc(O)ccc1N1C(=O)CC(Nc2ccccc2)C1=O. The Balaban J connectivity index is 1.85. The minimum atomic E-state index is -0.567. The number of nitrogens with zero attached hydrogens (tertiary/aromatic N) is 1. The third-order valence-electron chi connectivity index (χ3n) is 3.68. The van der Waals surface area contributed by atoms with E-state index in [4.69, 9.17) is 0 Å². The minimum absolute atomic E-state index is 0.110. The third-order valence-corrected chi connectivity index (χ3v) is 3.68. The smallest absolute Gasteiger partial charge is 0.256 e.